The van der Waals surface area contributed by atoms with E-state index < -0.39 is 4.92 Å². The van der Waals surface area contributed by atoms with Crippen molar-refractivity contribution in [2.75, 3.05) is 46.5 Å². The number of methoxy groups -OCH3 is 2. The zero-order valence-electron chi connectivity index (χ0n) is 16.9. The molecule has 0 spiro atoms. The summed E-state index contributed by atoms with van der Waals surface area (Å²) in [7, 11) is 6.89. The van der Waals surface area contributed by atoms with Gasteiger partial charge >= 0.3 is 0 Å². The fourth-order valence-corrected chi connectivity index (χ4v) is 3.38. The molecule has 0 bridgehead atoms. The molecule has 0 aliphatic carbocycles. The number of hydroxylamine groups is 1. The Balaban J connectivity index is 2.37. The summed E-state index contributed by atoms with van der Waals surface area (Å²) in [6.07, 6.45) is 0.663. The third kappa shape index (κ3) is 3.87. The Morgan fingerprint density at radius 1 is 1.07 bits per heavy atom. The predicted octanol–water partition coefficient (Wildman–Crippen LogP) is 3.46. The monoisotopic (exact) mass is 400 g/mol. The van der Waals surface area contributed by atoms with Gasteiger partial charge in [-0.25, -0.2) is 4.98 Å². The maximum absolute atomic E-state index is 11.8. The van der Waals surface area contributed by atoms with E-state index in [0.29, 0.717) is 40.0 Å². The Labute approximate surface area is 168 Å². The maximum Gasteiger partial charge on any atom is 0.281 e. The number of anilines is 1. The lowest BCUT2D eigenvalue weighted by Crippen LogP contribution is -2.24. The number of non-ortho nitro benzene ring substituents is 1. The molecule has 0 atom stereocenters. The Hall–Kier alpha value is -3.17. The second-order valence-corrected chi connectivity index (χ2v) is 6.86. The van der Waals surface area contributed by atoms with Crippen molar-refractivity contribution >= 4 is 33.2 Å². The average molecular weight is 400 g/mol. The van der Waals surface area contributed by atoms with Gasteiger partial charge in [0.2, 0.25) is 0 Å². The van der Waals surface area contributed by atoms with Crippen LogP contribution in [0.2, 0.25) is 0 Å². The standard InChI is InChI=1S/C20H24N4O5/c1-22(2)11-6-12-23(25)20-13-7-5-8-15(28-3)18(13)21-19-16(29-4)10-9-14(17(19)20)24(26)27/h5,7-10,25H,6,11-12H2,1-4H3. The van der Waals surface area contributed by atoms with Gasteiger partial charge in [0.25, 0.3) is 5.69 Å². The van der Waals surface area contributed by atoms with Crippen LogP contribution in [0, 0.1) is 10.1 Å². The highest BCUT2D eigenvalue weighted by Gasteiger charge is 2.26. The summed E-state index contributed by atoms with van der Waals surface area (Å²) in [5, 5.41) is 24.5. The van der Waals surface area contributed by atoms with Crippen molar-refractivity contribution in [3.05, 3.63) is 40.4 Å². The van der Waals surface area contributed by atoms with E-state index in [-0.39, 0.29) is 17.6 Å². The average Bonchev–Trinajstić information content (AvgIpc) is 2.70. The number of para-hydroxylation sites is 1. The molecule has 0 saturated carbocycles. The number of ether oxygens (including phenoxy) is 2. The molecular formula is C20H24N4O5. The number of benzene rings is 2. The summed E-state index contributed by atoms with van der Waals surface area (Å²) in [5.74, 6) is 0.877. The summed E-state index contributed by atoms with van der Waals surface area (Å²) >= 11 is 0. The van der Waals surface area contributed by atoms with Gasteiger partial charge in [0.05, 0.1) is 24.8 Å². The molecule has 0 fully saturated rings. The van der Waals surface area contributed by atoms with Gasteiger partial charge in [-0.05, 0) is 39.2 Å². The molecule has 3 rings (SSSR count). The minimum atomic E-state index is -0.480. The Morgan fingerprint density at radius 2 is 1.76 bits per heavy atom. The summed E-state index contributed by atoms with van der Waals surface area (Å²) in [4.78, 5) is 17.9. The molecule has 154 valence electrons. The second-order valence-electron chi connectivity index (χ2n) is 6.86. The van der Waals surface area contributed by atoms with Gasteiger partial charge in [-0.1, -0.05) is 12.1 Å². The second kappa shape index (κ2) is 8.46. The van der Waals surface area contributed by atoms with Crippen LogP contribution < -0.4 is 14.5 Å². The fraction of sp³-hybridized carbons (Fsp3) is 0.350. The van der Waals surface area contributed by atoms with E-state index in [4.69, 9.17) is 9.47 Å². The number of aromatic nitrogens is 1. The lowest BCUT2D eigenvalue weighted by molar-refractivity contribution is -0.383. The molecule has 1 aromatic heterocycles. The molecule has 3 aromatic rings. The summed E-state index contributed by atoms with van der Waals surface area (Å²) in [6.45, 7) is 1.05. The largest absolute Gasteiger partial charge is 0.494 e. The first-order chi connectivity index (χ1) is 13.9. The van der Waals surface area contributed by atoms with Gasteiger partial charge in [0.15, 0.2) is 0 Å². The number of nitrogens with zero attached hydrogens (tertiary/aromatic N) is 4. The van der Waals surface area contributed by atoms with Crippen molar-refractivity contribution in [2.45, 2.75) is 6.42 Å². The van der Waals surface area contributed by atoms with Gasteiger partial charge in [-0.2, -0.15) is 0 Å². The quantitative estimate of drug-likeness (QED) is 0.348. The molecule has 0 saturated heterocycles. The van der Waals surface area contributed by atoms with E-state index in [2.05, 4.69) is 4.98 Å². The Morgan fingerprint density at radius 3 is 2.38 bits per heavy atom. The zero-order valence-corrected chi connectivity index (χ0v) is 16.9. The van der Waals surface area contributed by atoms with Crippen LogP contribution in [0.15, 0.2) is 30.3 Å². The molecule has 29 heavy (non-hydrogen) atoms. The fourth-order valence-electron chi connectivity index (χ4n) is 3.38. The van der Waals surface area contributed by atoms with Crippen LogP contribution in [0.4, 0.5) is 11.4 Å². The summed E-state index contributed by atoms with van der Waals surface area (Å²) in [6, 6.07) is 8.15. The first-order valence-corrected chi connectivity index (χ1v) is 9.12. The van der Waals surface area contributed by atoms with E-state index in [1.54, 1.807) is 18.2 Å². The van der Waals surface area contributed by atoms with Crippen LogP contribution in [-0.2, 0) is 0 Å². The molecule has 0 aliphatic heterocycles. The molecule has 9 nitrogen and oxygen atoms in total. The van der Waals surface area contributed by atoms with Crippen LogP contribution in [0.5, 0.6) is 11.5 Å². The van der Waals surface area contributed by atoms with Crippen LogP contribution in [0.25, 0.3) is 21.8 Å². The lowest BCUT2D eigenvalue weighted by Gasteiger charge is -2.22. The predicted molar refractivity (Wildman–Crippen MR) is 111 cm³/mol. The van der Waals surface area contributed by atoms with Crippen molar-refractivity contribution in [2.24, 2.45) is 0 Å². The van der Waals surface area contributed by atoms with E-state index in [9.17, 15) is 15.3 Å². The lowest BCUT2D eigenvalue weighted by atomic mass is 10.0. The Kier molecular flexibility index (Phi) is 6.00. The maximum atomic E-state index is 11.8. The molecule has 1 heterocycles. The van der Waals surface area contributed by atoms with Crippen LogP contribution in [0.3, 0.4) is 0 Å². The van der Waals surface area contributed by atoms with E-state index in [1.165, 1.54) is 26.4 Å². The molecule has 0 radical (unpaired) electrons. The van der Waals surface area contributed by atoms with Crippen LogP contribution in [0.1, 0.15) is 6.42 Å². The number of pyridine rings is 1. The van der Waals surface area contributed by atoms with Gasteiger partial charge < -0.3 is 14.4 Å². The SMILES string of the molecule is COc1cccc2c(N(O)CCCN(C)C)c3c([N+](=O)[O-])ccc(OC)c3nc12. The van der Waals surface area contributed by atoms with Crippen molar-refractivity contribution in [3.8, 4) is 11.5 Å². The minimum absolute atomic E-state index is 0.153. The molecule has 0 unspecified atom stereocenters. The van der Waals surface area contributed by atoms with Crippen LogP contribution >= 0.6 is 0 Å². The molecule has 2 aromatic carbocycles. The van der Waals surface area contributed by atoms with Crippen molar-refractivity contribution in [3.63, 3.8) is 0 Å². The van der Waals surface area contributed by atoms with E-state index >= 15 is 0 Å². The van der Waals surface area contributed by atoms with Gasteiger partial charge in [0.1, 0.15) is 27.9 Å². The number of hydrogen-bond donors (Lipinski definition) is 1. The number of fused-ring (bicyclic) bond motifs is 2. The molecule has 9 heteroatoms. The third-order valence-electron chi connectivity index (χ3n) is 4.70. The summed E-state index contributed by atoms with van der Waals surface area (Å²) < 4.78 is 10.8. The molecule has 0 amide bonds. The van der Waals surface area contributed by atoms with Gasteiger partial charge in [-0.15, -0.1) is 0 Å². The molecule has 0 aliphatic rings. The zero-order chi connectivity index (χ0) is 21.1. The highest BCUT2D eigenvalue weighted by atomic mass is 16.6. The summed E-state index contributed by atoms with van der Waals surface area (Å²) in [5.41, 5.74) is 0.941. The van der Waals surface area contributed by atoms with Crippen molar-refractivity contribution < 1.29 is 19.6 Å². The Bertz CT molecular complexity index is 1050. The van der Waals surface area contributed by atoms with Crippen molar-refractivity contribution in [1.29, 1.82) is 0 Å². The number of nitro groups is 1. The molecule has 1 N–H and O–H groups in total. The van der Waals surface area contributed by atoms with Crippen molar-refractivity contribution in [1.82, 2.24) is 9.88 Å². The van der Waals surface area contributed by atoms with Gasteiger partial charge in [0, 0.05) is 18.0 Å². The number of rotatable bonds is 8. The van der Waals surface area contributed by atoms with E-state index in [0.717, 1.165) is 11.6 Å². The minimum Gasteiger partial charge on any atom is -0.494 e. The van der Waals surface area contributed by atoms with E-state index in [1.807, 2.05) is 19.0 Å². The normalized spacial score (nSPS) is 11.2. The van der Waals surface area contributed by atoms with Crippen LogP contribution in [-0.4, -0.2) is 61.4 Å². The molecular weight excluding hydrogens is 376 g/mol. The highest BCUT2D eigenvalue weighted by molar-refractivity contribution is 6.13. The smallest absolute Gasteiger partial charge is 0.281 e. The third-order valence-corrected chi connectivity index (χ3v) is 4.70. The number of nitro benzene ring substituents is 1. The topological polar surface area (TPSA) is 101 Å². The van der Waals surface area contributed by atoms with Gasteiger partial charge in [-0.3, -0.25) is 20.4 Å². The first-order valence-electron chi connectivity index (χ1n) is 9.12. The first kappa shape index (κ1) is 20.6. The highest BCUT2D eigenvalue weighted by Crippen LogP contribution is 2.43. The number of hydrogen-bond acceptors (Lipinski definition) is 8.